The fourth-order valence-electron chi connectivity index (χ4n) is 3.92. The number of nitrogens with zero attached hydrogens (tertiary/aromatic N) is 5. The number of carbonyl (C=O) groups is 1. The van der Waals surface area contributed by atoms with Crippen molar-refractivity contribution in [1.29, 1.82) is 0 Å². The normalized spacial score (nSPS) is 14.6. The molecule has 5 rings (SSSR count). The summed E-state index contributed by atoms with van der Waals surface area (Å²) in [7, 11) is 0. The van der Waals surface area contributed by atoms with Crippen molar-refractivity contribution >= 4 is 34.4 Å². The van der Waals surface area contributed by atoms with Crippen molar-refractivity contribution < 1.29 is 22.5 Å². The first-order valence-electron chi connectivity index (χ1n) is 10.4. The Balaban J connectivity index is 1.41. The molecule has 2 aromatic carbocycles. The second-order valence-corrected chi connectivity index (χ2v) is 8.19. The molecule has 0 aliphatic carbocycles. The largest absolute Gasteiger partial charge is 0.437 e. The van der Waals surface area contributed by atoms with Gasteiger partial charge in [-0.3, -0.25) is 4.79 Å². The van der Waals surface area contributed by atoms with E-state index in [0.29, 0.717) is 29.6 Å². The second-order valence-electron chi connectivity index (χ2n) is 7.75. The quantitative estimate of drug-likeness (QED) is 0.408. The standard InChI is InChI=1S/C23H17ClF3N5O2/c24-15-6-7-18-16(12-15)19(14-4-2-1-3-5-14)29-22(28-18)32-10-8-31(9-11-32)21(33)17-13-34-30-20(17)23(25,26)27/h1-7,12-13H,8-11H2. The van der Waals surface area contributed by atoms with E-state index in [9.17, 15) is 18.0 Å². The van der Waals surface area contributed by atoms with Crippen molar-refractivity contribution in [3.63, 3.8) is 0 Å². The molecule has 3 heterocycles. The van der Waals surface area contributed by atoms with Crippen LogP contribution < -0.4 is 4.90 Å². The monoisotopic (exact) mass is 487 g/mol. The minimum absolute atomic E-state index is 0.198. The van der Waals surface area contributed by atoms with Crippen LogP contribution in [0.3, 0.4) is 0 Å². The van der Waals surface area contributed by atoms with E-state index in [1.54, 1.807) is 6.07 Å². The lowest BCUT2D eigenvalue weighted by atomic mass is 10.1. The highest BCUT2D eigenvalue weighted by molar-refractivity contribution is 6.31. The summed E-state index contributed by atoms with van der Waals surface area (Å²) < 4.78 is 43.7. The van der Waals surface area contributed by atoms with Gasteiger partial charge in [-0.25, -0.2) is 9.97 Å². The number of hydrogen-bond donors (Lipinski definition) is 0. The summed E-state index contributed by atoms with van der Waals surface area (Å²) >= 11 is 6.21. The molecule has 11 heteroatoms. The van der Waals surface area contributed by atoms with E-state index in [2.05, 4.69) is 14.7 Å². The van der Waals surface area contributed by atoms with Crippen LogP contribution in [0.15, 0.2) is 59.3 Å². The molecule has 1 saturated heterocycles. The molecule has 0 N–H and O–H groups in total. The first kappa shape index (κ1) is 22.1. The number of aromatic nitrogens is 3. The van der Waals surface area contributed by atoms with Gasteiger partial charge in [0.1, 0.15) is 11.8 Å². The lowest BCUT2D eigenvalue weighted by molar-refractivity contribution is -0.143. The molecule has 34 heavy (non-hydrogen) atoms. The number of halogens is 4. The van der Waals surface area contributed by atoms with Crippen molar-refractivity contribution in [2.75, 3.05) is 31.1 Å². The molecule has 1 aliphatic heterocycles. The van der Waals surface area contributed by atoms with E-state index >= 15 is 0 Å². The van der Waals surface area contributed by atoms with Gasteiger partial charge in [0.05, 0.1) is 11.2 Å². The smallest absolute Gasteiger partial charge is 0.363 e. The average Bonchev–Trinajstić information content (AvgIpc) is 3.34. The van der Waals surface area contributed by atoms with Crippen molar-refractivity contribution in [3.8, 4) is 11.3 Å². The number of anilines is 1. The maximum absolute atomic E-state index is 13.1. The first-order chi connectivity index (χ1) is 16.3. The molecule has 1 fully saturated rings. The fraction of sp³-hybridized carbons (Fsp3) is 0.217. The average molecular weight is 488 g/mol. The zero-order chi connectivity index (χ0) is 23.9. The molecule has 1 amide bonds. The highest BCUT2D eigenvalue weighted by Crippen LogP contribution is 2.32. The Morgan fingerprint density at radius 2 is 1.74 bits per heavy atom. The molecule has 0 atom stereocenters. The van der Waals surface area contributed by atoms with E-state index in [1.165, 1.54) is 4.90 Å². The van der Waals surface area contributed by atoms with Gasteiger partial charge in [-0.1, -0.05) is 47.1 Å². The van der Waals surface area contributed by atoms with Crippen molar-refractivity contribution in [2.45, 2.75) is 6.18 Å². The molecule has 0 unspecified atom stereocenters. The Morgan fingerprint density at radius 3 is 2.44 bits per heavy atom. The number of fused-ring (bicyclic) bond motifs is 1. The van der Waals surface area contributed by atoms with Crippen LogP contribution in [-0.4, -0.2) is 52.1 Å². The lowest BCUT2D eigenvalue weighted by Gasteiger charge is -2.34. The summed E-state index contributed by atoms with van der Waals surface area (Å²) in [4.78, 5) is 25.4. The van der Waals surface area contributed by atoms with Crippen molar-refractivity contribution in [2.24, 2.45) is 0 Å². The summed E-state index contributed by atoms with van der Waals surface area (Å²) in [6, 6.07) is 15.0. The Labute approximate surface area is 196 Å². The van der Waals surface area contributed by atoms with Gasteiger partial charge in [0.15, 0.2) is 5.69 Å². The lowest BCUT2D eigenvalue weighted by Crippen LogP contribution is -2.49. The number of benzene rings is 2. The summed E-state index contributed by atoms with van der Waals surface area (Å²) in [5, 5.41) is 4.33. The number of carbonyl (C=O) groups excluding carboxylic acids is 1. The van der Waals surface area contributed by atoms with E-state index in [0.717, 1.165) is 22.9 Å². The maximum atomic E-state index is 13.1. The van der Waals surface area contributed by atoms with Gasteiger partial charge in [-0.15, -0.1) is 0 Å². The van der Waals surface area contributed by atoms with E-state index in [4.69, 9.17) is 16.6 Å². The molecule has 174 valence electrons. The van der Waals surface area contributed by atoms with E-state index in [-0.39, 0.29) is 13.1 Å². The predicted octanol–water partition coefficient (Wildman–Crippen LogP) is 4.92. The van der Waals surface area contributed by atoms with Crippen LogP contribution in [0.2, 0.25) is 5.02 Å². The Kier molecular flexibility index (Phi) is 5.60. The summed E-state index contributed by atoms with van der Waals surface area (Å²) in [5.74, 6) is -0.297. The zero-order valence-electron chi connectivity index (χ0n) is 17.6. The van der Waals surface area contributed by atoms with Crippen LogP contribution in [-0.2, 0) is 6.18 Å². The zero-order valence-corrected chi connectivity index (χ0v) is 18.3. The fourth-order valence-corrected chi connectivity index (χ4v) is 4.09. The summed E-state index contributed by atoms with van der Waals surface area (Å²) in [5.41, 5.74) is 0.432. The van der Waals surface area contributed by atoms with Crippen LogP contribution in [0, 0.1) is 0 Å². The van der Waals surface area contributed by atoms with Gasteiger partial charge in [0.2, 0.25) is 5.95 Å². The predicted molar refractivity (Wildman–Crippen MR) is 120 cm³/mol. The van der Waals surface area contributed by atoms with Crippen LogP contribution in [0.5, 0.6) is 0 Å². The van der Waals surface area contributed by atoms with Gasteiger partial charge < -0.3 is 14.3 Å². The van der Waals surface area contributed by atoms with Gasteiger partial charge in [-0.2, -0.15) is 13.2 Å². The molecule has 0 bridgehead atoms. The summed E-state index contributed by atoms with van der Waals surface area (Å²) in [6.45, 7) is 1.10. The van der Waals surface area contributed by atoms with Crippen molar-refractivity contribution in [3.05, 3.63) is 71.1 Å². The molecule has 1 aliphatic rings. The SMILES string of the molecule is O=C(c1conc1C(F)(F)F)N1CCN(c2nc(-c3ccccc3)c3cc(Cl)ccc3n2)CC1. The molecular weight excluding hydrogens is 471 g/mol. The third-order valence-corrected chi connectivity index (χ3v) is 5.85. The minimum Gasteiger partial charge on any atom is -0.363 e. The van der Waals surface area contributed by atoms with Crippen LogP contribution in [0.1, 0.15) is 16.1 Å². The highest BCUT2D eigenvalue weighted by Gasteiger charge is 2.41. The Morgan fingerprint density at radius 1 is 1.00 bits per heavy atom. The molecule has 7 nitrogen and oxygen atoms in total. The molecular formula is C23H17ClF3N5O2. The van der Waals surface area contributed by atoms with E-state index < -0.39 is 23.3 Å². The number of hydrogen-bond acceptors (Lipinski definition) is 6. The van der Waals surface area contributed by atoms with Gasteiger partial charge in [-0.05, 0) is 18.2 Å². The van der Waals surface area contributed by atoms with Crippen LogP contribution in [0.4, 0.5) is 19.1 Å². The molecule has 0 saturated carbocycles. The van der Waals surface area contributed by atoms with E-state index in [1.807, 2.05) is 47.4 Å². The van der Waals surface area contributed by atoms with Crippen LogP contribution >= 0.6 is 11.6 Å². The third-order valence-electron chi connectivity index (χ3n) is 5.61. The number of alkyl halides is 3. The molecule has 4 aromatic rings. The number of amides is 1. The second kappa shape index (κ2) is 8.60. The van der Waals surface area contributed by atoms with Gasteiger partial charge in [0.25, 0.3) is 5.91 Å². The summed E-state index contributed by atoms with van der Waals surface area (Å²) in [6.07, 6.45) is -4.03. The topological polar surface area (TPSA) is 75.4 Å². The minimum atomic E-state index is -4.77. The third kappa shape index (κ3) is 4.16. The van der Waals surface area contributed by atoms with Gasteiger partial charge >= 0.3 is 6.18 Å². The first-order valence-corrected chi connectivity index (χ1v) is 10.8. The van der Waals surface area contributed by atoms with Gasteiger partial charge in [0, 0.05) is 42.2 Å². The highest BCUT2D eigenvalue weighted by atomic mass is 35.5. The van der Waals surface area contributed by atoms with Crippen LogP contribution in [0.25, 0.3) is 22.2 Å². The Hall–Kier alpha value is -3.66. The molecule has 0 radical (unpaired) electrons. The number of piperazine rings is 1. The maximum Gasteiger partial charge on any atom is 0.437 e. The molecule has 0 spiro atoms. The van der Waals surface area contributed by atoms with Crippen molar-refractivity contribution in [1.82, 2.24) is 20.0 Å². The number of rotatable bonds is 3. The molecule has 2 aromatic heterocycles. The Bertz CT molecular complexity index is 1350.